The molecule has 1 aromatic rings. The van der Waals surface area contributed by atoms with Gasteiger partial charge >= 0.3 is 0 Å². The molecule has 0 bridgehead atoms. The normalized spacial score (nSPS) is 21.5. The van der Waals surface area contributed by atoms with E-state index in [0.29, 0.717) is 36.6 Å². The SMILES string of the molecule is CS(=O)(=O)N1CCCC1C(=O)Nc1ccc2c(c1)OCO2. The first-order valence-electron chi connectivity index (χ1n) is 6.62. The lowest BCUT2D eigenvalue weighted by Gasteiger charge is -2.21. The molecule has 114 valence electrons. The molecule has 1 amide bonds. The van der Waals surface area contributed by atoms with Gasteiger partial charge in [0.2, 0.25) is 22.7 Å². The van der Waals surface area contributed by atoms with Crippen LogP contribution in [0, 0.1) is 0 Å². The summed E-state index contributed by atoms with van der Waals surface area (Å²) in [6.07, 6.45) is 2.34. The van der Waals surface area contributed by atoms with Crippen molar-refractivity contribution in [3.8, 4) is 11.5 Å². The summed E-state index contributed by atoms with van der Waals surface area (Å²) in [5, 5.41) is 2.74. The topological polar surface area (TPSA) is 84.9 Å². The molecular weight excluding hydrogens is 296 g/mol. The molecule has 2 aliphatic heterocycles. The zero-order valence-corrected chi connectivity index (χ0v) is 12.4. The van der Waals surface area contributed by atoms with Crippen LogP contribution in [0.5, 0.6) is 11.5 Å². The second kappa shape index (κ2) is 5.19. The number of ether oxygens (including phenoxy) is 2. The number of fused-ring (bicyclic) bond motifs is 1. The summed E-state index contributed by atoms with van der Waals surface area (Å²) in [4.78, 5) is 12.3. The van der Waals surface area contributed by atoms with Gasteiger partial charge in [-0.1, -0.05) is 0 Å². The summed E-state index contributed by atoms with van der Waals surface area (Å²) < 4.78 is 35.0. The van der Waals surface area contributed by atoms with Gasteiger partial charge in [0.1, 0.15) is 6.04 Å². The van der Waals surface area contributed by atoms with Crippen LogP contribution in [-0.2, 0) is 14.8 Å². The molecule has 1 unspecified atom stereocenters. The molecular formula is C13H16N2O5S. The van der Waals surface area contributed by atoms with Gasteiger partial charge in [0.15, 0.2) is 11.5 Å². The van der Waals surface area contributed by atoms with E-state index in [0.717, 1.165) is 6.26 Å². The van der Waals surface area contributed by atoms with Gasteiger partial charge in [0.05, 0.1) is 6.26 Å². The Morgan fingerprint density at radius 3 is 2.86 bits per heavy atom. The Hall–Kier alpha value is -1.80. The largest absolute Gasteiger partial charge is 0.454 e. The molecule has 2 heterocycles. The Morgan fingerprint density at radius 2 is 2.10 bits per heavy atom. The van der Waals surface area contributed by atoms with Crippen LogP contribution in [0.2, 0.25) is 0 Å². The fourth-order valence-corrected chi connectivity index (χ4v) is 3.72. The van der Waals surface area contributed by atoms with E-state index < -0.39 is 16.1 Å². The van der Waals surface area contributed by atoms with Gasteiger partial charge in [0.25, 0.3) is 0 Å². The molecule has 8 heteroatoms. The summed E-state index contributed by atoms with van der Waals surface area (Å²) in [7, 11) is -3.37. The number of sulfonamides is 1. The van der Waals surface area contributed by atoms with E-state index in [1.54, 1.807) is 18.2 Å². The number of rotatable bonds is 3. The van der Waals surface area contributed by atoms with Gasteiger partial charge in [-0.25, -0.2) is 8.42 Å². The van der Waals surface area contributed by atoms with Crippen LogP contribution in [0.3, 0.4) is 0 Å². The average molecular weight is 312 g/mol. The average Bonchev–Trinajstić information content (AvgIpc) is 3.06. The number of hydrogen-bond acceptors (Lipinski definition) is 5. The number of nitrogens with zero attached hydrogens (tertiary/aromatic N) is 1. The summed E-state index contributed by atoms with van der Waals surface area (Å²) in [6.45, 7) is 0.551. The van der Waals surface area contributed by atoms with Gasteiger partial charge in [0, 0.05) is 18.3 Å². The van der Waals surface area contributed by atoms with Crippen LogP contribution < -0.4 is 14.8 Å². The highest BCUT2D eigenvalue weighted by Gasteiger charge is 2.36. The molecule has 0 spiro atoms. The van der Waals surface area contributed by atoms with Crippen molar-refractivity contribution in [2.75, 3.05) is 24.9 Å². The molecule has 2 aliphatic rings. The van der Waals surface area contributed by atoms with E-state index in [1.165, 1.54) is 4.31 Å². The van der Waals surface area contributed by atoms with Gasteiger partial charge < -0.3 is 14.8 Å². The van der Waals surface area contributed by atoms with Crippen molar-refractivity contribution in [2.24, 2.45) is 0 Å². The fraction of sp³-hybridized carbons (Fsp3) is 0.462. The molecule has 7 nitrogen and oxygen atoms in total. The first kappa shape index (κ1) is 14.2. The molecule has 1 fully saturated rings. The third-order valence-electron chi connectivity index (χ3n) is 3.57. The van der Waals surface area contributed by atoms with Crippen molar-refractivity contribution in [2.45, 2.75) is 18.9 Å². The maximum absolute atomic E-state index is 12.3. The predicted molar refractivity (Wildman–Crippen MR) is 75.8 cm³/mol. The number of carbonyl (C=O) groups excluding carboxylic acids is 1. The number of carbonyl (C=O) groups is 1. The zero-order chi connectivity index (χ0) is 15.0. The van der Waals surface area contributed by atoms with Crippen LogP contribution in [-0.4, -0.2) is 44.3 Å². The Kier molecular flexibility index (Phi) is 3.50. The maximum atomic E-state index is 12.3. The maximum Gasteiger partial charge on any atom is 0.242 e. The standard InChI is InChI=1S/C13H16N2O5S/c1-21(17,18)15-6-2-3-10(15)13(16)14-9-4-5-11-12(7-9)20-8-19-11/h4-5,7,10H,2-3,6,8H2,1H3,(H,14,16). The van der Waals surface area contributed by atoms with Crippen molar-refractivity contribution in [3.63, 3.8) is 0 Å². The minimum absolute atomic E-state index is 0.164. The Morgan fingerprint density at radius 1 is 1.33 bits per heavy atom. The van der Waals surface area contributed by atoms with Crippen LogP contribution in [0.1, 0.15) is 12.8 Å². The molecule has 1 atom stereocenters. The zero-order valence-electron chi connectivity index (χ0n) is 11.5. The van der Waals surface area contributed by atoms with Crippen molar-refractivity contribution >= 4 is 21.6 Å². The Labute approximate surface area is 122 Å². The monoisotopic (exact) mass is 312 g/mol. The molecule has 0 saturated carbocycles. The first-order chi connectivity index (χ1) is 9.95. The molecule has 0 radical (unpaired) electrons. The summed E-state index contributed by atoms with van der Waals surface area (Å²) >= 11 is 0. The molecule has 3 rings (SSSR count). The number of nitrogens with one attached hydrogen (secondary N) is 1. The lowest BCUT2D eigenvalue weighted by atomic mass is 10.2. The first-order valence-corrected chi connectivity index (χ1v) is 8.47. The minimum atomic E-state index is -3.37. The van der Waals surface area contributed by atoms with E-state index in [-0.39, 0.29) is 12.7 Å². The van der Waals surface area contributed by atoms with Crippen LogP contribution in [0.4, 0.5) is 5.69 Å². The highest BCUT2D eigenvalue weighted by Crippen LogP contribution is 2.34. The van der Waals surface area contributed by atoms with Crippen LogP contribution >= 0.6 is 0 Å². The second-order valence-corrected chi connectivity index (χ2v) is 7.02. The molecule has 1 N–H and O–H groups in total. The quantitative estimate of drug-likeness (QED) is 0.891. The summed E-state index contributed by atoms with van der Waals surface area (Å²) in [5.74, 6) is 0.877. The van der Waals surface area contributed by atoms with Crippen molar-refractivity contribution in [3.05, 3.63) is 18.2 Å². The number of benzene rings is 1. The van der Waals surface area contributed by atoms with Gasteiger partial charge in [-0.15, -0.1) is 0 Å². The minimum Gasteiger partial charge on any atom is -0.454 e. The fourth-order valence-electron chi connectivity index (χ4n) is 2.60. The lowest BCUT2D eigenvalue weighted by Crippen LogP contribution is -2.42. The van der Waals surface area contributed by atoms with Crippen LogP contribution in [0.25, 0.3) is 0 Å². The number of amides is 1. The molecule has 0 aliphatic carbocycles. The summed E-state index contributed by atoms with van der Waals surface area (Å²) in [5.41, 5.74) is 0.560. The highest BCUT2D eigenvalue weighted by molar-refractivity contribution is 7.88. The van der Waals surface area contributed by atoms with Gasteiger partial charge in [-0.05, 0) is 25.0 Å². The second-order valence-electron chi connectivity index (χ2n) is 5.09. The van der Waals surface area contributed by atoms with Crippen LogP contribution in [0.15, 0.2) is 18.2 Å². The van der Waals surface area contributed by atoms with E-state index in [4.69, 9.17) is 9.47 Å². The molecule has 1 aromatic carbocycles. The third-order valence-corrected chi connectivity index (χ3v) is 4.86. The molecule has 21 heavy (non-hydrogen) atoms. The van der Waals surface area contributed by atoms with E-state index in [1.807, 2.05) is 0 Å². The smallest absolute Gasteiger partial charge is 0.242 e. The van der Waals surface area contributed by atoms with Crippen molar-refractivity contribution in [1.29, 1.82) is 0 Å². The van der Waals surface area contributed by atoms with Gasteiger partial charge in [-0.3, -0.25) is 4.79 Å². The molecule has 0 aromatic heterocycles. The lowest BCUT2D eigenvalue weighted by molar-refractivity contribution is -0.119. The van der Waals surface area contributed by atoms with E-state index in [9.17, 15) is 13.2 Å². The third kappa shape index (κ3) is 2.81. The van der Waals surface area contributed by atoms with Crippen molar-refractivity contribution in [1.82, 2.24) is 4.31 Å². The van der Waals surface area contributed by atoms with E-state index in [2.05, 4.69) is 5.32 Å². The van der Waals surface area contributed by atoms with Crippen molar-refractivity contribution < 1.29 is 22.7 Å². The summed E-state index contributed by atoms with van der Waals surface area (Å²) in [6, 6.07) is 4.43. The Balaban J connectivity index is 1.74. The Bertz CT molecular complexity index is 673. The molecule has 1 saturated heterocycles. The van der Waals surface area contributed by atoms with E-state index >= 15 is 0 Å². The number of hydrogen-bond donors (Lipinski definition) is 1. The number of anilines is 1. The predicted octanol–water partition coefficient (Wildman–Crippen LogP) is 0.778. The highest BCUT2D eigenvalue weighted by atomic mass is 32.2. The van der Waals surface area contributed by atoms with Gasteiger partial charge in [-0.2, -0.15) is 4.31 Å².